The lowest BCUT2D eigenvalue weighted by atomic mass is 9.92. The maximum atomic E-state index is 12.8. The Morgan fingerprint density at radius 2 is 2.14 bits per heavy atom. The molecule has 5 nitrogen and oxygen atoms in total. The average Bonchev–Trinajstić information content (AvgIpc) is 2.47. The number of nitrogens with two attached hydrogens (primary N) is 1. The smallest absolute Gasteiger partial charge is 0.243 e. The molecular formula is C15H24N2O3S. The standard InChI is InChI=1S/C15H24N2O3S/c1-4-12-10-17(8-7-14(12)16)21(18,19)13-5-6-15(20-3)11(2)9-13/h5-6,9,12,14H,4,7-8,10,16H2,1-3H3. The van der Waals surface area contributed by atoms with Crippen molar-refractivity contribution in [1.82, 2.24) is 4.31 Å². The summed E-state index contributed by atoms with van der Waals surface area (Å²) in [5, 5.41) is 0. The van der Waals surface area contributed by atoms with Gasteiger partial charge < -0.3 is 10.5 Å². The fourth-order valence-corrected chi connectivity index (χ4v) is 4.42. The fourth-order valence-electron chi connectivity index (χ4n) is 2.83. The summed E-state index contributed by atoms with van der Waals surface area (Å²) in [7, 11) is -1.88. The van der Waals surface area contributed by atoms with Gasteiger partial charge in [-0.2, -0.15) is 4.31 Å². The molecule has 0 amide bonds. The number of sulfonamides is 1. The first-order chi connectivity index (χ1) is 9.90. The van der Waals surface area contributed by atoms with E-state index in [4.69, 9.17) is 10.5 Å². The highest BCUT2D eigenvalue weighted by Gasteiger charge is 2.33. The lowest BCUT2D eigenvalue weighted by molar-refractivity contribution is 0.230. The molecule has 2 atom stereocenters. The Kier molecular flexibility index (Phi) is 4.91. The Hall–Kier alpha value is -1.11. The first-order valence-electron chi connectivity index (χ1n) is 7.30. The first kappa shape index (κ1) is 16.3. The van der Waals surface area contributed by atoms with Crippen LogP contribution in [0.4, 0.5) is 0 Å². The highest BCUT2D eigenvalue weighted by atomic mass is 32.2. The van der Waals surface area contributed by atoms with E-state index in [0.717, 1.165) is 12.0 Å². The summed E-state index contributed by atoms with van der Waals surface area (Å²) < 4.78 is 32.2. The van der Waals surface area contributed by atoms with Crippen LogP contribution < -0.4 is 10.5 Å². The van der Waals surface area contributed by atoms with Gasteiger partial charge in [0.05, 0.1) is 12.0 Å². The number of hydrogen-bond acceptors (Lipinski definition) is 4. The van der Waals surface area contributed by atoms with Crippen LogP contribution in [-0.4, -0.2) is 39.0 Å². The van der Waals surface area contributed by atoms with E-state index in [9.17, 15) is 8.42 Å². The largest absolute Gasteiger partial charge is 0.496 e. The molecule has 1 heterocycles. The quantitative estimate of drug-likeness (QED) is 0.919. The van der Waals surface area contributed by atoms with Crippen molar-refractivity contribution < 1.29 is 13.2 Å². The number of hydrogen-bond donors (Lipinski definition) is 1. The number of benzene rings is 1. The molecule has 0 aromatic heterocycles. The number of aryl methyl sites for hydroxylation is 1. The molecule has 0 bridgehead atoms. The van der Waals surface area contributed by atoms with E-state index in [0.29, 0.717) is 30.2 Å². The molecule has 1 aromatic carbocycles. The van der Waals surface area contributed by atoms with Crippen LogP contribution in [0.3, 0.4) is 0 Å². The third-order valence-electron chi connectivity index (χ3n) is 4.28. The molecule has 1 aromatic rings. The zero-order chi connectivity index (χ0) is 15.6. The zero-order valence-corrected chi connectivity index (χ0v) is 13.7. The second-order valence-corrected chi connectivity index (χ2v) is 7.55. The van der Waals surface area contributed by atoms with Gasteiger partial charge in [-0.1, -0.05) is 13.3 Å². The van der Waals surface area contributed by atoms with Crippen molar-refractivity contribution in [3.05, 3.63) is 23.8 Å². The molecule has 2 unspecified atom stereocenters. The van der Waals surface area contributed by atoms with Crippen LogP contribution in [0.5, 0.6) is 5.75 Å². The number of rotatable bonds is 4. The topological polar surface area (TPSA) is 72.6 Å². The lowest BCUT2D eigenvalue weighted by Crippen LogP contribution is -2.48. The normalized spacial score (nSPS) is 24.0. The SMILES string of the molecule is CCC1CN(S(=O)(=O)c2ccc(OC)c(C)c2)CCC1N. The van der Waals surface area contributed by atoms with Crippen molar-refractivity contribution in [2.75, 3.05) is 20.2 Å². The van der Waals surface area contributed by atoms with Gasteiger partial charge in [-0.05, 0) is 43.0 Å². The molecule has 1 aliphatic rings. The van der Waals surface area contributed by atoms with Crippen molar-refractivity contribution >= 4 is 10.0 Å². The molecule has 1 fully saturated rings. The minimum Gasteiger partial charge on any atom is -0.496 e. The molecule has 1 aliphatic heterocycles. The second-order valence-electron chi connectivity index (χ2n) is 5.62. The molecule has 0 spiro atoms. The van der Waals surface area contributed by atoms with Gasteiger partial charge in [0.2, 0.25) is 10.0 Å². The second kappa shape index (κ2) is 6.34. The van der Waals surface area contributed by atoms with Crippen LogP contribution in [-0.2, 0) is 10.0 Å². The summed E-state index contributed by atoms with van der Waals surface area (Å²) in [4.78, 5) is 0.325. The van der Waals surface area contributed by atoms with Gasteiger partial charge in [0, 0.05) is 19.1 Å². The van der Waals surface area contributed by atoms with Crippen molar-refractivity contribution in [2.24, 2.45) is 11.7 Å². The Morgan fingerprint density at radius 1 is 1.43 bits per heavy atom. The predicted molar refractivity (Wildman–Crippen MR) is 82.9 cm³/mol. The third-order valence-corrected chi connectivity index (χ3v) is 6.15. The Morgan fingerprint density at radius 3 is 2.71 bits per heavy atom. The van der Waals surface area contributed by atoms with E-state index in [-0.39, 0.29) is 12.0 Å². The van der Waals surface area contributed by atoms with Gasteiger partial charge in [0.1, 0.15) is 5.75 Å². The maximum Gasteiger partial charge on any atom is 0.243 e. The summed E-state index contributed by atoms with van der Waals surface area (Å²) in [6, 6.07) is 5.08. The van der Waals surface area contributed by atoms with Crippen molar-refractivity contribution in [3.8, 4) is 5.75 Å². The van der Waals surface area contributed by atoms with Crippen LogP contribution >= 0.6 is 0 Å². The van der Waals surface area contributed by atoms with Crippen LogP contribution in [0.2, 0.25) is 0 Å². The van der Waals surface area contributed by atoms with Crippen LogP contribution in [0.25, 0.3) is 0 Å². The molecule has 6 heteroatoms. The first-order valence-corrected chi connectivity index (χ1v) is 8.74. The summed E-state index contributed by atoms with van der Waals surface area (Å²) in [5.41, 5.74) is 6.88. The molecule has 0 saturated carbocycles. The highest BCUT2D eigenvalue weighted by molar-refractivity contribution is 7.89. The molecular weight excluding hydrogens is 288 g/mol. The van der Waals surface area contributed by atoms with Gasteiger partial charge in [-0.25, -0.2) is 8.42 Å². The molecule has 1 saturated heterocycles. The van der Waals surface area contributed by atoms with Gasteiger partial charge in [-0.15, -0.1) is 0 Å². The summed E-state index contributed by atoms with van der Waals surface area (Å²) >= 11 is 0. The molecule has 118 valence electrons. The Labute approximate surface area is 127 Å². The van der Waals surface area contributed by atoms with Gasteiger partial charge in [0.25, 0.3) is 0 Å². The van der Waals surface area contributed by atoms with Crippen molar-refractivity contribution in [1.29, 1.82) is 0 Å². The van der Waals surface area contributed by atoms with Crippen LogP contribution in [0.15, 0.2) is 23.1 Å². The summed E-state index contributed by atoms with van der Waals surface area (Å²) in [6.45, 7) is 4.90. The Balaban J connectivity index is 2.27. The molecule has 2 rings (SSSR count). The number of ether oxygens (including phenoxy) is 1. The number of nitrogens with zero attached hydrogens (tertiary/aromatic N) is 1. The number of piperidine rings is 1. The molecule has 21 heavy (non-hydrogen) atoms. The highest BCUT2D eigenvalue weighted by Crippen LogP contribution is 2.27. The monoisotopic (exact) mass is 312 g/mol. The molecule has 0 aliphatic carbocycles. The molecule has 0 radical (unpaired) electrons. The van der Waals surface area contributed by atoms with E-state index in [1.54, 1.807) is 29.6 Å². The number of methoxy groups -OCH3 is 1. The van der Waals surface area contributed by atoms with Crippen molar-refractivity contribution in [2.45, 2.75) is 37.6 Å². The predicted octanol–water partition coefficient (Wildman–Crippen LogP) is 1.75. The van der Waals surface area contributed by atoms with E-state index in [1.807, 2.05) is 6.92 Å². The van der Waals surface area contributed by atoms with Crippen LogP contribution in [0.1, 0.15) is 25.3 Å². The van der Waals surface area contributed by atoms with Gasteiger partial charge in [0.15, 0.2) is 0 Å². The van der Waals surface area contributed by atoms with E-state index in [2.05, 4.69) is 6.92 Å². The minimum atomic E-state index is -3.45. The minimum absolute atomic E-state index is 0.0963. The summed E-state index contributed by atoms with van der Waals surface area (Å²) in [5.74, 6) is 0.925. The van der Waals surface area contributed by atoms with Gasteiger partial charge >= 0.3 is 0 Å². The van der Waals surface area contributed by atoms with Crippen LogP contribution in [0, 0.1) is 12.8 Å². The molecule has 2 N–H and O–H groups in total. The Bertz CT molecular complexity index is 601. The average molecular weight is 312 g/mol. The fraction of sp³-hybridized carbons (Fsp3) is 0.600. The summed E-state index contributed by atoms with van der Waals surface area (Å²) in [6.07, 6.45) is 1.61. The maximum absolute atomic E-state index is 12.8. The van der Waals surface area contributed by atoms with E-state index >= 15 is 0 Å². The third kappa shape index (κ3) is 3.22. The van der Waals surface area contributed by atoms with E-state index < -0.39 is 10.0 Å². The van der Waals surface area contributed by atoms with Crippen molar-refractivity contribution in [3.63, 3.8) is 0 Å². The van der Waals surface area contributed by atoms with E-state index in [1.165, 1.54) is 0 Å². The van der Waals surface area contributed by atoms with Gasteiger partial charge in [-0.3, -0.25) is 0 Å². The lowest BCUT2D eigenvalue weighted by Gasteiger charge is -2.35. The zero-order valence-electron chi connectivity index (χ0n) is 12.9.